The molecule has 8 aliphatic rings. The molecule has 4 aromatic rings. The zero-order valence-corrected chi connectivity index (χ0v) is 32.0. The zero-order chi connectivity index (χ0) is 36.3. The molecule has 2 heterocycles. The zero-order valence-electron chi connectivity index (χ0n) is 31.2. The summed E-state index contributed by atoms with van der Waals surface area (Å²) in [4.78, 5) is 17.4. The Balaban J connectivity index is 0.000000128. The fourth-order valence-electron chi connectivity index (χ4n) is 11.7. The third kappa shape index (κ3) is 8.74. The number of methoxy groups -OCH3 is 2. The number of aromatic nitrogens is 4. The summed E-state index contributed by atoms with van der Waals surface area (Å²) in [5, 5.41) is 3.98. The fraction of sp³-hybridized carbons (Fsp3) is 0.545. The average molecular weight is 735 g/mol. The highest BCUT2D eigenvalue weighted by Gasteiger charge is 2.49. The van der Waals surface area contributed by atoms with E-state index in [0.29, 0.717) is 5.15 Å². The van der Waals surface area contributed by atoms with Gasteiger partial charge in [0, 0.05) is 28.8 Å². The first-order valence-electron chi connectivity index (χ1n) is 19.9. The van der Waals surface area contributed by atoms with Gasteiger partial charge in [-0.05, 0) is 191 Å². The number of nitrogens with zero attached hydrogens (tertiary/aromatic N) is 4. The van der Waals surface area contributed by atoms with E-state index in [0.717, 1.165) is 106 Å². The molecule has 2 aromatic carbocycles. The van der Waals surface area contributed by atoms with Crippen LogP contribution in [0.2, 0.25) is 5.15 Å². The first-order valence-corrected chi connectivity index (χ1v) is 20.3. The van der Waals surface area contributed by atoms with Crippen molar-refractivity contribution in [2.24, 2.45) is 59.2 Å². The van der Waals surface area contributed by atoms with E-state index in [1.165, 1.54) is 69.9 Å². The summed E-state index contributed by atoms with van der Waals surface area (Å²) in [7, 11) is 3.31. The summed E-state index contributed by atoms with van der Waals surface area (Å²) in [5.74, 6) is 12.3. The smallest absolute Gasteiger partial charge is 0.133 e. The van der Waals surface area contributed by atoms with Crippen molar-refractivity contribution >= 4 is 28.8 Å². The minimum absolute atomic E-state index is 0.587. The van der Waals surface area contributed by atoms with Gasteiger partial charge in [0.15, 0.2) is 0 Å². The van der Waals surface area contributed by atoms with Crippen LogP contribution in [-0.2, 0) is 12.8 Å². The average Bonchev–Trinajstić information content (AvgIpc) is 3.15. The summed E-state index contributed by atoms with van der Waals surface area (Å²) < 4.78 is 10.1. The monoisotopic (exact) mass is 734 g/mol. The van der Waals surface area contributed by atoms with E-state index in [2.05, 4.69) is 31.3 Å². The van der Waals surface area contributed by atoms with Crippen LogP contribution < -0.4 is 20.5 Å². The van der Waals surface area contributed by atoms with Crippen LogP contribution in [0.15, 0.2) is 73.3 Å². The van der Waals surface area contributed by atoms with Gasteiger partial charge in [-0.3, -0.25) is 0 Å². The molecule has 8 bridgehead atoms. The molecule has 8 aliphatic carbocycles. The highest BCUT2D eigenvalue weighted by atomic mass is 35.5. The number of hydrogen-bond acceptors (Lipinski definition) is 8. The van der Waals surface area contributed by atoms with Crippen molar-refractivity contribution in [3.8, 4) is 11.5 Å². The lowest BCUT2D eigenvalue weighted by atomic mass is 9.51. The summed E-state index contributed by atoms with van der Waals surface area (Å²) in [6, 6.07) is 19.3. The Hall–Kier alpha value is -3.91. The summed E-state index contributed by atoms with van der Waals surface area (Å²) in [6.07, 6.45) is 20.4. The lowest BCUT2D eigenvalue weighted by molar-refractivity contribution is -0.0363. The number of halogens is 1. The van der Waals surface area contributed by atoms with Gasteiger partial charge in [-0.15, -0.1) is 0 Å². The van der Waals surface area contributed by atoms with Crippen LogP contribution in [0.3, 0.4) is 0 Å². The van der Waals surface area contributed by atoms with Crippen LogP contribution in [0.25, 0.3) is 0 Å². The summed E-state index contributed by atoms with van der Waals surface area (Å²) >= 11 is 5.96. The maximum Gasteiger partial charge on any atom is 0.133 e. The molecule has 8 fully saturated rings. The van der Waals surface area contributed by atoms with E-state index in [9.17, 15) is 0 Å². The molecular formula is C44H55ClN6O2. The Bertz CT molecular complexity index is 1750. The normalized spacial score (nSPS) is 31.2. The molecule has 0 amide bonds. The van der Waals surface area contributed by atoms with Gasteiger partial charge in [-0.2, -0.15) is 0 Å². The first kappa shape index (κ1) is 36.1. The van der Waals surface area contributed by atoms with E-state index in [1.54, 1.807) is 39.0 Å². The van der Waals surface area contributed by atoms with Gasteiger partial charge >= 0.3 is 0 Å². The van der Waals surface area contributed by atoms with Crippen LogP contribution in [0.5, 0.6) is 11.5 Å². The summed E-state index contributed by atoms with van der Waals surface area (Å²) in [6.45, 7) is 0. The number of anilines is 3. The second kappa shape index (κ2) is 16.2. The standard InChI is InChI=1S/C22H27N3O.C15H19ClN2.C7H9NO/c1-26-20-4-2-18(3-5-20)25-22-12-19(23-13-24-22)11-21-16-7-14-6-15(9-16)10-17(21)8-14;16-15-7-13(17-8-18-15)6-14-11-2-9-1-10(4-11)5-12(14)3-9;1-9-7-4-2-6(8)3-5-7/h2-5,12-17,21H,6-11H2,1H3,(H,23,24,25);7-12,14H,1-6H2;2-5H,8H2,1H3. The lowest BCUT2D eigenvalue weighted by Crippen LogP contribution is -2.45. The molecule has 8 nitrogen and oxygen atoms in total. The minimum atomic E-state index is 0.587. The molecule has 0 spiro atoms. The Labute approximate surface area is 320 Å². The van der Waals surface area contributed by atoms with Gasteiger partial charge in [0.2, 0.25) is 0 Å². The van der Waals surface area contributed by atoms with Crippen molar-refractivity contribution in [3.05, 3.63) is 89.9 Å². The number of ether oxygens (including phenoxy) is 2. The fourth-order valence-corrected chi connectivity index (χ4v) is 11.9. The van der Waals surface area contributed by atoms with Gasteiger partial charge in [-0.25, -0.2) is 19.9 Å². The van der Waals surface area contributed by atoms with Crippen molar-refractivity contribution in [1.82, 2.24) is 19.9 Å². The SMILES string of the molecule is COc1ccc(N)cc1.COc1ccc(Nc2cc(CC3C4CC5CC(C4)CC3C5)ncn2)cc1.Clc1cc(CC2C3CC4CC(C3)CC2C4)ncn1. The maximum absolute atomic E-state index is 5.96. The third-order valence-electron chi connectivity index (χ3n) is 13.6. The molecule has 2 aromatic heterocycles. The van der Waals surface area contributed by atoms with Crippen molar-refractivity contribution in [1.29, 1.82) is 0 Å². The van der Waals surface area contributed by atoms with Gasteiger partial charge in [0.25, 0.3) is 0 Å². The van der Waals surface area contributed by atoms with Gasteiger partial charge < -0.3 is 20.5 Å². The molecule has 0 atom stereocenters. The highest BCUT2D eigenvalue weighted by molar-refractivity contribution is 6.29. The number of nitrogen functional groups attached to an aromatic ring is 1. The number of nitrogens with two attached hydrogens (primary N) is 1. The molecule has 0 saturated heterocycles. The van der Waals surface area contributed by atoms with E-state index in [4.69, 9.17) is 26.8 Å². The van der Waals surface area contributed by atoms with Crippen molar-refractivity contribution in [2.75, 3.05) is 25.3 Å². The van der Waals surface area contributed by atoms with Crippen molar-refractivity contribution in [2.45, 2.75) is 77.0 Å². The van der Waals surface area contributed by atoms with Crippen LogP contribution >= 0.6 is 11.6 Å². The molecule has 53 heavy (non-hydrogen) atoms. The van der Waals surface area contributed by atoms with Crippen LogP contribution in [-0.4, -0.2) is 34.2 Å². The second-order valence-electron chi connectivity index (χ2n) is 17.0. The Kier molecular flexibility index (Phi) is 11.0. The molecular weight excluding hydrogens is 680 g/mol. The van der Waals surface area contributed by atoms with Crippen LogP contribution in [0, 0.1) is 59.2 Å². The van der Waals surface area contributed by atoms with Crippen LogP contribution in [0.1, 0.15) is 75.6 Å². The first-order chi connectivity index (χ1) is 25.9. The largest absolute Gasteiger partial charge is 0.497 e. The maximum atomic E-state index is 5.96. The lowest BCUT2D eigenvalue weighted by Gasteiger charge is -2.54. The summed E-state index contributed by atoms with van der Waals surface area (Å²) in [5.41, 5.74) is 9.54. The molecule has 0 unspecified atom stereocenters. The van der Waals surface area contributed by atoms with E-state index < -0.39 is 0 Å². The van der Waals surface area contributed by atoms with E-state index >= 15 is 0 Å². The molecule has 3 N–H and O–H groups in total. The third-order valence-corrected chi connectivity index (χ3v) is 13.8. The molecule has 8 saturated carbocycles. The van der Waals surface area contributed by atoms with Crippen molar-refractivity contribution < 1.29 is 9.47 Å². The predicted octanol–water partition coefficient (Wildman–Crippen LogP) is 9.87. The van der Waals surface area contributed by atoms with E-state index in [1.807, 2.05) is 42.5 Å². The number of rotatable bonds is 8. The topological polar surface area (TPSA) is 108 Å². The predicted molar refractivity (Wildman–Crippen MR) is 211 cm³/mol. The molecule has 0 aliphatic heterocycles. The Morgan fingerprint density at radius 1 is 0.585 bits per heavy atom. The Morgan fingerprint density at radius 2 is 1.02 bits per heavy atom. The molecule has 9 heteroatoms. The quantitative estimate of drug-likeness (QED) is 0.136. The number of nitrogens with one attached hydrogen (secondary N) is 1. The Morgan fingerprint density at radius 3 is 1.47 bits per heavy atom. The van der Waals surface area contributed by atoms with Gasteiger partial charge in [0.05, 0.1) is 14.2 Å². The van der Waals surface area contributed by atoms with Crippen molar-refractivity contribution in [3.63, 3.8) is 0 Å². The molecule has 0 radical (unpaired) electrons. The van der Waals surface area contributed by atoms with E-state index in [-0.39, 0.29) is 0 Å². The molecule has 280 valence electrons. The van der Waals surface area contributed by atoms with Gasteiger partial charge in [0.1, 0.15) is 35.1 Å². The molecule has 12 rings (SSSR count). The number of benzene rings is 2. The number of hydrogen-bond donors (Lipinski definition) is 2. The van der Waals surface area contributed by atoms with Gasteiger partial charge in [-0.1, -0.05) is 11.6 Å². The highest BCUT2D eigenvalue weighted by Crippen LogP contribution is 2.58. The minimum Gasteiger partial charge on any atom is -0.497 e. The second-order valence-corrected chi connectivity index (χ2v) is 17.3. The van der Waals surface area contributed by atoms with Crippen LogP contribution in [0.4, 0.5) is 17.2 Å².